The van der Waals surface area contributed by atoms with Crippen LogP contribution in [0.2, 0.25) is 0 Å². The SMILES string of the molecule is O=C(CCNCCOCCOc1ccc2ccccc2c1)N1CCc2nc(SC3CCC3)n(-c3ccccc3)c(=O)c2C1. The Kier molecular flexibility index (Phi) is 9.72. The molecule has 0 unspecified atom stereocenters. The van der Waals surface area contributed by atoms with Crippen molar-refractivity contribution in [1.82, 2.24) is 19.8 Å². The van der Waals surface area contributed by atoms with Crippen molar-refractivity contribution in [2.75, 3.05) is 39.5 Å². The second kappa shape index (κ2) is 14.2. The first-order chi connectivity index (χ1) is 21.2. The molecular formula is C34H38N4O4S. The summed E-state index contributed by atoms with van der Waals surface area (Å²) >= 11 is 1.71. The first-order valence-electron chi connectivity index (χ1n) is 15.2. The summed E-state index contributed by atoms with van der Waals surface area (Å²) in [6.45, 7) is 3.62. The maximum Gasteiger partial charge on any atom is 0.264 e. The molecule has 1 fully saturated rings. The maximum absolute atomic E-state index is 13.8. The van der Waals surface area contributed by atoms with Crippen molar-refractivity contribution in [3.05, 3.63) is 94.4 Å². The molecule has 1 aliphatic heterocycles. The van der Waals surface area contributed by atoms with Crippen molar-refractivity contribution in [1.29, 1.82) is 0 Å². The first kappa shape index (κ1) is 29.4. The zero-order valence-electron chi connectivity index (χ0n) is 24.4. The normalized spacial score (nSPS) is 14.8. The number of carbonyl (C=O) groups is 1. The van der Waals surface area contributed by atoms with Crippen LogP contribution in [0.25, 0.3) is 16.5 Å². The molecule has 1 saturated carbocycles. The van der Waals surface area contributed by atoms with E-state index >= 15 is 0 Å². The van der Waals surface area contributed by atoms with Crippen LogP contribution < -0.4 is 15.6 Å². The van der Waals surface area contributed by atoms with Gasteiger partial charge in [-0.3, -0.25) is 14.2 Å². The number of hydrogen-bond acceptors (Lipinski definition) is 7. The highest BCUT2D eigenvalue weighted by molar-refractivity contribution is 7.99. The van der Waals surface area contributed by atoms with Gasteiger partial charge in [-0.15, -0.1) is 0 Å². The molecule has 0 saturated heterocycles. The summed E-state index contributed by atoms with van der Waals surface area (Å²) in [5, 5.41) is 6.92. The summed E-state index contributed by atoms with van der Waals surface area (Å²) in [6, 6.07) is 24.0. The first-order valence-corrected chi connectivity index (χ1v) is 16.1. The Bertz CT molecular complexity index is 1610. The largest absolute Gasteiger partial charge is 0.491 e. The summed E-state index contributed by atoms with van der Waals surface area (Å²) in [7, 11) is 0. The van der Waals surface area contributed by atoms with Gasteiger partial charge in [-0.1, -0.05) is 66.7 Å². The van der Waals surface area contributed by atoms with Crippen molar-refractivity contribution >= 4 is 28.4 Å². The minimum Gasteiger partial charge on any atom is -0.491 e. The van der Waals surface area contributed by atoms with Crippen LogP contribution in [0.4, 0.5) is 0 Å². The Morgan fingerprint density at radius 3 is 2.58 bits per heavy atom. The molecule has 9 heteroatoms. The molecule has 2 aliphatic rings. The Balaban J connectivity index is 0.941. The van der Waals surface area contributed by atoms with Crippen LogP contribution in [0, 0.1) is 0 Å². The number of ether oxygens (including phenoxy) is 2. The molecule has 4 aromatic rings. The molecule has 2 heterocycles. The summed E-state index contributed by atoms with van der Waals surface area (Å²) in [5.41, 5.74) is 2.23. The van der Waals surface area contributed by atoms with Crippen molar-refractivity contribution in [2.45, 2.75) is 49.1 Å². The van der Waals surface area contributed by atoms with E-state index in [0.29, 0.717) is 69.7 Å². The van der Waals surface area contributed by atoms with Gasteiger partial charge in [0.05, 0.1) is 36.7 Å². The van der Waals surface area contributed by atoms with Crippen LogP contribution in [0.3, 0.4) is 0 Å². The zero-order chi connectivity index (χ0) is 29.4. The Morgan fingerprint density at radius 1 is 0.953 bits per heavy atom. The lowest BCUT2D eigenvalue weighted by atomic mass is 10.0. The number of amides is 1. The lowest BCUT2D eigenvalue weighted by molar-refractivity contribution is -0.132. The number of carbonyl (C=O) groups excluding carboxylic acids is 1. The molecule has 1 amide bonds. The van der Waals surface area contributed by atoms with E-state index in [1.807, 2.05) is 54.6 Å². The van der Waals surface area contributed by atoms with E-state index in [1.54, 1.807) is 21.2 Å². The average molecular weight is 599 g/mol. The van der Waals surface area contributed by atoms with Crippen LogP contribution in [-0.4, -0.2) is 65.1 Å². The number of thioether (sulfide) groups is 1. The fraction of sp³-hybridized carbons (Fsp3) is 0.382. The quantitative estimate of drug-likeness (QED) is 0.171. The predicted octanol–water partition coefficient (Wildman–Crippen LogP) is 4.99. The predicted molar refractivity (Wildman–Crippen MR) is 170 cm³/mol. The van der Waals surface area contributed by atoms with E-state index in [-0.39, 0.29) is 11.5 Å². The Labute approximate surface area is 256 Å². The number of aromatic nitrogens is 2. The van der Waals surface area contributed by atoms with Gasteiger partial charge in [0, 0.05) is 37.7 Å². The number of hydrogen-bond donors (Lipinski definition) is 1. The van der Waals surface area contributed by atoms with Gasteiger partial charge in [-0.05, 0) is 47.9 Å². The molecule has 43 heavy (non-hydrogen) atoms. The fourth-order valence-corrected chi connectivity index (χ4v) is 6.71. The Morgan fingerprint density at radius 2 is 1.77 bits per heavy atom. The van der Waals surface area contributed by atoms with Crippen LogP contribution in [-0.2, 0) is 22.5 Å². The molecule has 224 valence electrons. The van der Waals surface area contributed by atoms with Gasteiger partial charge in [-0.25, -0.2) is 4.98 Å². The van der Waals surface area contributed by atoms with E-state index in [2.05, 4.69) is 23.5 Å². The number of rotatable bonds is 13. The zero-order valence-corrected chi connectivity index (χ0v) is 25.2. The summed E-state index contributed by atoms with van der Waals surface area (Å²) in [4.78, 5) is 33.6. The number of fused-ring (bicyclic) bond motifs is 2. The molecule has 1 aromatic heterocycles. The van der Waals surface area contributed by atoms with E-state index in [9.17, 15) is 9.59 Å². The highest BCUT2D eigenvalue weighted by atomic mass is 32.2. The summed E-state index contributed by atoms with van der Waals surface area (Å²) in [6.07, 6.45) is 4.53. The van der Waals surface area contributed by atoms with E-state index in [4.69, 9.17) is 14.5 Å². The molecule has 0 atom stereocenters. The molecule has 6 rings (SSSR count). The third-order valence-electron chi connectivity index (χ3n) is 8.05. The third-order valence-corrected chi connectivity index (χ3v) is 9.34. The van der Waals surface area contributed by atoms with Gasteiger partial charge < -0.3 is 19.7 Å². The van der Waals surface area contributed by atoms with E-state index in [1.165, 1.54) is 11.8 Å². The van der Waals surface area contributed by atoms with Gasteiger partial charge in [0.2, 0.25) is 5.91 Å². The number of benzene rings is 3. The second-order valence-corrected chi connectivity index (χ2v) is 12.3. The van der Waals surface area contributed by atoms with E-state index in [0.717, 1.165) is 40.5 Å². The molecular weight excluding hydrogens is 560 g/mol. The van der Waals surface area contributed by atoms with Crippen LogP contribution in [0.1, 0.15) is 36.9 Å². The highest BCUT2D eigenvalue weighted by Crippen LogP contribution is 2.36. The monoisotopic (exact) mass is 598 g/mol. The van der Waals surface area contributed by atoms with Gasteiger partial charge in [0.15, 0.2) is 5.16 Å². The molecule has 8 nitrogen and oxygen atoms in total. The lowest BCUT2D eigenvalue weighted by Gasteiger charge is -2.30. The fourth-order valence-electron chi connectivity index (χ4n) is 5.39. The summed E-state index contributed by atoms with van der Waals surface area (Å²) in [5.74, 6) is 0.878. The minimum atomic E-state index is -0.0598. The van der Waals surface area contributed by atoms with Crippen molar-refractivity contribution in [3.8, 4) is 11.4 Å². The van der Waals surface area contributed by atoms with Gasteiger partial charge in [0.25, 0.3) is 5.56 Å². The molecule has 0 radical (unpaired) electrons. The standard InChI is InChI=1S/C34H38N4O4S/c39-32(15-17-35-18-20-41-21-22-42-28-14-13-25-7-4-5-8-26(25)23-28)37-19-16-31-30(24-37)33(40)38(27-9-2-1-3-10-27)34(36-31)43-29-11-6-12-29/h1-5,7-10,13-14,23,29,35H,6,11-12,15-22,24H2. The maximum atomic E-state index is 13.8. The van der Waals surface area contributed by atoms with Crippen molar-refractivity contribution in [2.24, 2.45) is 0 Å². The second-order valence-electron chi connectivity index (χ2n) is 11.0. The number of nitrogens with zero attached hydrogens (tertiary/aromatic N) is 3. The number of nitrogens with one attached hydrogen (secondary N) is 1. The Hall–Kier alpha value is -3.66. The third kappa shape index (κ3) is 7.29. The van der Waals surface area contributed by atoms with Gasteiger partial charge >= 0.3 is 0 Å². The average Bonchev–Trinajstić information content (AvgIpc) is 3.02. The van der Waals surface area contributed by atoms with Gasteiger partial charge in [0.1, 0.15) is 12.4 Å². The minimum absolute atomic E-state index is 0.0430. The van der Waals surface area contributed by atoms with Crippen LogP contribution in [0.5, 0.6) is 5.75 Å². The number of para-hydroxylation sites is 1. The topological polar surface area (TPSA) is 85.7 Å². The van der Waals surface area contributed by atoms with E-state index < -0.39 is 0 Å². The molecule has 1 N–H and O–H groups in total. The highest BCUT2D eigenvalue weighted by Gasteiger charge is 2.28. The van der Waals surface area contributed by atoms with Crippen molar-refractivity contribution < 1.29 is 14.3 Å². The van der Waals surface area contributed by atoms with Crippen LogP contribution >= 0.6 is 11.8 Å². The summed E-state index contributed by atoms with van der Waals surface area (Å²) < 4.78 is 13.2. The lowest BCUT2D eigenvalue weighted by Crippen LogP contribution is -2.42. The van der Waals surface area contributed by atoms with Gasteiger partial charge in [-0.2, -0.15) is 0 Å². The smallest absolute Gasteiger partial charge is 0.264 e. The van der Waals surface area contributed by atoms with Crippen molar-refractivity contribution in [3.63, 3.8) is 0 Å². The van der Waals surface area contributed by atoms with Crippen LogP contribution in [0.15, 0.2) is 82.7 Å². The molecule has 3 aromatic carbocycles. The molecule has 0 bridgehead atoms. The molecule has 0 spiro atoms. The molecule has 1 aliphatic carbocycles.